The lowest BCUT2D eigenvalue weighted by Gasteiger charge is -2.30. The highest BCUT2D eigenvalue weighted by molar-refractivity contribution is 5.76. The molecule has 2 N–H and O–H groups in total. The molecule has 1 saturated heterocycles. The Morgan fingerprint density at radius 2 is 2.24 bits per heavy atom. The van der Waals surface area contributed by atoms with Gasteiger partial charge in [-0.2, -0.15) is 0 Å². The zero-order chi connectivity index (χ0) is 17.6. The van der Waals surface area contributed by atoms with Crippen LogP contribution in [0.5, 0.6) is 0 Å². The Labute approximate surface area is 148 Å². The molecule has 3 fully saturated rings. The molecular formula is C19H28N2O4. The molecule has 6 heteroatoms. The predicted octanol–water partition coefficient (Wildman–Crippen LogP) is 2.40. The fourth-order valence-electron chi connectivity index (χ4n) is 4.99. The smallest absolute Gasteiger partial charge is 0.318 e. The summed E-state index contributed by atoms with van der Waals surface area (Å²) in [7, 11) is 0. The lowest BCUT2D eigenvalue weighted by atomic mass is 9.88. The molecule has 4 rings (SSSR count). The van der Waals surface area contributed by atoms with Gasteiger partial charge in [0, 0.05) is 13.2 Å². The second kappa shape index (κ2) is 6.65. The first-order valence-corrected chi connectivity index (χ1v) is 9.41. The number of fused-ring (bicyclic) bond motifs is 1. The monoisotopic (exact) mass is 348 g/mol. The molecule has 1 aromatic rings. The van der Waals surface area contributed by atoms with Gasteiger partial charge in [-0.3, -0.25) is 0 Å². The first-order chi connectivity index (χ1) is 12.0. The summed E-state index contributed by atoms with van der Waals surface area (Å²) in [5.74, 6) is 2.55. The van der Waals surface area contributed by atoms with Gasteiger partial charge >= 0.3 is 6.03 Å². The molecule has 138 valence electrons. The molecule has 1 aliphatic heterocycles. The van der Waals surface area contributed by atoms with Crippen molar-refractivity contribution in [2.45, 2.75) is 44.9 Å². The Balaban J connectivity index is 1.42. The third-order valence-corrected chi connectivity index (χ3v) is 6.03. The van der Waals surface area contributed by atoms with E-state index in [9.17, 15) is 9.90 Å². The summed E-state index contributed by atoms with van der Waals surface area (Å²) in [6, 6.07) is 3.23. The number of aliphatic hydroxyl groups excluding tert-OH is 1. The fraction of sp³-hybridized carbons (Fsp3) is 0.737. The number of nitrogens with one attached hydrogen (secondary N) is 1. The van der Waals surface area contributed by atoms with Crippen LogP contribution in [0.4, 0.5) is 4.79 Å². The van der Waals surface area contributed by atoms with Crippen LogP contribution in [-0.2, 0) is 4.74 Å². The number of amides is 2. The first kappa shape index (κ1) is 16.9. The maximum Gasteiger partial charge on any atom is 0.318 e. The van der Waals surface area contributed by atoms with Gasteiger partial charge in [0.15, 0.2) is 0 Å². The SMILES string of the molecule is CC(C)COC[C@H](NC(=O)N1C[C@@H]2C[C@H]3C[C@H]2[C@H]1[C@H]3O)c1ccco1. The normalized spacial score (nSPS) is 34.1. The van der Waals surface area contributed by atoms with Crippen molar-refractivity contribution in [1.82, 2.24) is 10.2 Å². The molecule has 2 aliphatic carbocycles. The Morgan fingerprint density at radius 3 is 2.92 bits per heavy atom. The van der Waals surface area contributed by atoms with Crippen LogP contribution in [0, 0.1) is 23.7 Å². The number of furan rings is 1. The van der Waals surface area contributed by atoms with Crippen molar-refractivity contribution in [3.05, 3.63) is 24.2 Å². The van der Waals surface area contributed by atoms with Crippen LogP contribution in [0.15, 0.2) is 22.8 Å². The number of hydrogen-bond donors (Lipinski definition) is 2. The van der Waals surface area contributed by atoms with E-state index in [1.807, 2.05) is 17.0 Å². The highest BCUT2D eigenvalue weighted by Crippen LogP contribution is 2.54. The van der Waals surface area contributed by atoms with Crippen LogP contribution in [0.2, 0.25) is 0 Å². The van der Waals surface area contributed by atoms with E-state index in [2.05, 4.69) is 19.2 Å². The molecule has 2 bridgehead atoms. The Hall–Kier alpha value is -1.53. The minimum absolute atomic E-state index is 0.0161. The highest BCUT2D eigenvalue weighted by atomic mass is 16.5. The van der Waals surface area contributed by atoms with E-state index in [-0.39, 0.29) is 24.2 Å². The number of carbonyl (C=O) groups excluding carboxylic acids is 1. The second-order valence-corrected chi connectivity index (χ2v) is 8.24. The van der Waals surface area contributed by atoms with Crippen LogP contribution < -0.4 is 5.32 Å². The molecule has 6 atom stereocenters. The van der Waals surface area contributed by atoms with Crippen molar-refractivity contribution < 1.29 is 19.1 Å². The summed E-state index contributed by atoms with van der Waals surface area (Å²) in [5, 5.41) is 13.5. The number of hydrogen-bond acceptors (Lipinski definition) is 4. The van der Waals surface area contributed by atoms with E-state index in [0.717, 1.165) is 19.4 Å². The van der Waals surface area contributed by atoms with E-state index in [4.69, 9.17) is 9.15 Å². The molecule has 0 unspecified atom stereocenters. The maximum atomic E-state index is 12.9. The van der Waals surface area contributed by atoms with Crippen molar-refractivity contribution in [3.8, 4) is 0 Å². The number of aliphatic hydroxyl groups is 1. The van der Waals surface area contributed by atoms with Crippen molar-refractivity contribution in [1.29, 1.82) is 0 Å². The second-order valence-electron chi connectivity index (χ2n) is 8.24. The number of urea groups is 1. The topological polar surface area (TPSA) is 74.9 Å². The third-order valence-electron chi connectivity index (χ3n) is 6.03. The van der Waals surface area contributed by atoms with Gasteiger partial charge in [0.1, 0.15) is 11.8 Å². The zero-order valence-corrected chi connectivity index (χ0v) is 14.9. The van der Waals surface area contributed by atoms with Crippen molar-refractivity contribution in [2.24, 2.45) is 23.7 Å². The van der Waals surface area contributed by atoms with Crippen LogP contribution in [-0.4, -0.2) is 47.9 Å². The number of carbonyl (C=O) groups is 1. The standard InChI is InChI=1S/C19H28N2O4/c1-11(2)9-24-10-15(16-4-3-5-25-16)20-19(23)21-8-13-6-12-7-14(13)17(21)18(12)22/h3-5,11-15,17-18,22H,6-10H2,1-2H3,(H,20,23)/t12-,13-,14+,15-,17-,18-/m0/s1. The van der Waals surface area contributed by atoms with E-state index in [1.54, 1.807) is 6.26 Å². The summed E-state index contributed by atoms with van der Waals surface area (Å²) in [4.78, 5) is 14.8. The molecule has 2 saturated carbocycles. The molecule has 3 aliphatic rings. The maximum absolute atomic E-state index is 12.9. The molecule has 25 heavy (non-hydrogen) atoms. The van der Waals surface area contributed by atoms with Crippen LogP contribution in [0.3, 0.4) is 0 Å². The summed E-state index contributed by atoms with van der Waals surface area (Å²) >= 11 is 0. The number of rotatable bonds is 6. The summed E-state index contributed by atoms with van der Waals surface area (Å²) in [6.45, 7) is 5.97. The van der Waals surface area contributed by atoms with Gasteiger partial charge in [0.2, 0.25) is 0 Å². The highest BCUT2D eigenvalue weighted by Gasteiger charge is 2.60. The predicted molar refractivity (Wildman–Crippen MR) is 91.8 cm³/mol. The number of likely N-dealkylation sites (tertiary alicyclic amines) is 1. The average molecular weight is 348 g/mol. The molecular weight excluding hydrogens is 320 g/mol. The molecule has 6 nitrogen and oxygen atoms in total. The van der Waals surface area contributed by atoms with Crippen molar-refractivity contribution in [3.63, 3.8) is 0 Å². The summed E-state index contributed by atoms with van der Waals surface area (Å²) in [5.41, 5.74) is 0. The van der Waals surface area contributed by atoms with E-state index in [0.29, 0.717) is 42.6 Å². The number of ether oxygens (including phenoxy) is 1. The first-order valence-electron chi connectivity index (χ1n) is 9.41. The van der Waals surface area contributed by atoms with E-state index in [1.165, 1.54) is 0 Å². The van der Waals surface area contributed by atoms with Gasteiger partial charge in [0.05, 0.1) is 25.0 Å². The molecule has 0 radical (unpaired) electrons. The van der Waals surface area contributed by atoms with Crippen molar-refractivity contribution in [2.75, 3.05) is 19.8 Å². The van der Waals surface area contributed by atoms with Gasteiger partial charge in [0.25, 0.3) is 0 Å². The molecule has 2 heterocycles. The molecule has 0 aromatic carbocycles. The van der Waals surface area contributed by atoms with Gasteiger partial charge in [-0.25, -0.2) is 4.79 Å². The quantitative estimate of drug-likeness (QED) is 0.828. The van der Waals surface area contributed by atoms with Crippen LogP contribution >= 0.6 is 0 Å². The number of nitrogens with zero attached hydrogens (tertiary/aromatic N) is 1. The summed E-state index contributed by atoms with van der Waals surface area (Å²) < 4.78 is 11.2. The van der Waals surface area contributed by atoms with Gasteiger partial charge < -0.3 is 24.5 Å². The molecule has 2 amide bonds. The Kier molecular flexibility index (Phi) is 4.50. The van der Waals surface area contributed by atoms with Crippen LogP contribution in [0.1, 0.15) is 38.5 Å². The lowest BCUT2D eigenvalue weighted by molar-refractivity contribution is 0.0567. The van der Waals surface area contributed by atoms with E-state index >= 15 is 0 Å². The van der Waals surface area contributed by atoms with Crippen molar-refractivity contribution >= 4 is 6.03 Å². The average Bonchev–Trinajstić information content (AvgIpc) is 3.29. The van der Waals surface area contributed by atoms with Crippen LogP contribution in [0.25, 0.3) is 0 Å². The third kappa shape index (κ3) is 3.06. The minimum Gasteiger partial charge on any atom is -0.467 e. The van der Waals surface area contributed by atoms with Gasteiger partial charge in [-0.05, 0) is 48.6 Å². The van der Waals surface area contributed by atoms with E-state index < -0.39 is 0 Å². The molecule has 0 spiro atoms. The minimum atomic E-state index is -0.367. The summed E-state index contributed by atoms with van der Waals surface area (Å²) in [6.07, 6.45) is 3.37. The van der Waals surface area contributed by atoms with Gasteiger partial charge in [-0.1, -0.05) is 13.8 Å². The van der Waals surface area contributed by atoms with Gasteiger partial charge in [-0.15, -0.1) is 0 Å². The lowest BCUT2D eigenvalue weighted by Crippen LogP contribution is -2.49. The molecule has 1 aromatic heterocycles. The fourth-order valence-corrected chi connectivity index (χ4v) is 4.99. The Bertz CT molecular complexity index is 601. The largest absolute Gasteiger partial charge is 0.467 e. The zero-order valence-electron chi connectivity index (χ0n) is 14.9. The Morgan fingerprint density at radius 1 is 1.40 bits per heavy atom.